The average molecular weight is 312 g/mol. The van der Waals surface area contributed by atoms with E-state index in [9.17, 15) is 9.59 Å². The first-order chi connectivity index (χ1) is 11.2. The molecule has 0 unspecified atom stereocenters. The van der Waals surface area contributed by atoms with Gasteiger partial charge < -0.3 is 20.1 Å². The summed E-state index contributed by atoms with van der Waals surface area (Å²) in [6.07, 6.45) is 1.74. The standard InChI is InChI=1S/C17H20N4O2/c22-16(15-7-4-8-18-15)20-9-11-21(12-10-20)17(23)19-13-14-5-2-1-3-6-14/h1-8,18H,9-13H2,(H,19,23). The summed E-state index contributed by atoms with van der Waals surface area (Å²) in [6.45, 7) is 2.72. The summed E-state index contributed by atoms with van der Waals surface area (Å²) < 4.78 is 0. The second kappa shape index (κ2) is 7.00. The molecule has 6 heteroatoms. The molecule has 1 saturated heterocycles. The Hall–Kier alpha value is -2.76. The Balaban J connectivity index is 1.47. The van der Waals surface area contributed by atoms with Crippen LogP contribution in [-0.2, 0) is 6.54 Å². The highest BCUT2D eigenvalue weighted by molar-refractivity contribution is 5.92. The molecule has 2 N–H and O–H groups in total. The maximum absolute atomic E-state index is 12.2. The summed E-state index contributed by atoms with van der Waals surface area (Å²) in [6, 6.07) is 13.3. The molecule has 6 nitrogen and oxygen atoms in total. The molecule has 3 rings (SSSR count). The number of benzene rings is 1. The molecule has 0 atom stereocenters. The van der Waals surface area contributed by atoms with Gasteiger partial charge in [-0.3, -0.25) is 4.79 Å². The van der Waals surface area contributed by atoms with Gasteiger partial charge in [0.05, 0.1) is 0 Å². The average Bonchev–Trinajstić information content (AvgIpc) is 3.15. The van der Waals surface area contributed by atoms with Crippen molar-refractivity contribution in [2.45, 2.75) is 6.54 Å². The van der Waals surface area contributed by atoms with Crippen molar-refractivity contribution in [3.63, 3.8) is 0 Å². The summed E-state index contributed by atoms with van der Waals surface area (Å²) >= 11 is 0. The number of carbonyl (C=O) groups excluding carboxylic acids is 2. The Labute approximate surface area is 135 Å². The number of piperazine rings is 1. The molecule has 0 aliphatic carbocycles. The summed E-state index contributed by atoms with van der Waals surface area (Å²) in [7, 11) is 0. The van der Waals surface area contributed by atoms with Crippen molar-refractivity contribution in [1.29, 1.82) is 0 Å². The zero-order valence-corrected chi connectivity index (χ0v) is 12.9. The van der Waals surface area contributed by atoms with Crippen molar-refractivity contribution in [1.82, 2.24) is 20.1 Å². The van der Waals surface area contributed by atoms with E-state index in [1.165, 1.54) is 0 Å². The molecule has 2 heterocycles. The number of urea groups is 1. The van der Waals surface area contributed by atoms with Gasteiger partial charge in [0.2, 0.25) is 0 Å². The highest BCUT2D eigenvalue weighted by Crippen LogP contribution is 2.08. The molecule has 23 heavy (non-hydrogen) atoms. The number of hydrogen-bond donors (Lipinski definition) is 2. The summed E-state index contributed by atoms with van der Waals surface area (Å²) in [5, 5.41) is 2.92. The van der Waals surface area contributed by atoms with Crippen LogP contribution in [-0.4, -0.2) is 52.9 Å². The predicted molar refractivity (Wildman–Crippen MR) is 86.9 cm³/mol. The number of aromatic nitrogens is 1. The van der Waals surface area contributed by atoms with Crippen LogP contribution in [0.25, 0.3) is 0 Å². The van der Waals surface area contributed by atoms with Crippen molar-refractivity contribution in [3.05, 3.63) is 59.9 Å². The second-order valence-electron chi connectivity index (χ2n) is 5.51. The molecule has 1 aliphatic heterocycles. The van der Waals surface area contributed by atoms with Crippen LogP contribution in [0.4, 0.5) is 4.79 Å². The van der Waals surface area contributed by atoms with E-state index in [4.69, 9.17) is 0 Å². The minimum atomic E-state index is -0.0826. The van der Waals surface area contributed by atoms with E-state index in [1.54, 1.807) is 28.1 Å². The quantitative estimate of drug-likeness (QED) is 0.905. The van der Waals surface area contributed by atoms with Gasteiger partial charge in [-0.25, -0.2) is 4.79 Å². The maximum Gasteiger partial charge on any atom is 0.317 e. The van der Waals surface area contributed by atoms with Crippen LogP contribution in [0.15, 0.2) is 48.7 Å². The lowest BCUT2D eigenvalue weighted by Gasteiger charge is -2.34. The summed E-state index contributed by atoms with van der Waals surface area (Å²) in [5.41, 5.74) is 1.66. The van der Waals surface area contributed by atoms with Gasteiger partial charge in [0.15, 0.2) is 0 Å². The fourth-order valence-electron chi connectivity index (χ4n) is 2.63. The molecule has 0 saturated carbocycles. The number of aromatic amines is 1. The lowest BCUT2D eigenvalue weighted by Crippen LogP contribution is -2.53. The highest BCUT2D eigenvalue weighted by atomic mass is 16.2. The van der Waals surface area contributed by atoms with E-state index in [2.05, 4.69) is 10.3 Å². The van der Waals surface area contributed by atoms with Crippen LogP contribution >= 0.6 is 0 Å². The van der Waals surface area contributed by atoms with E-state index in [0.717, 1.165) is 5.56 Å². The molecule has 0 bridgehead atoms. The van der Waals surface area contributed by atoms with Crippen LogP contribution in [0, 0.1) is 0 Å². The van der Waals surface area contributed by atoms with Gasteiger partial charge in [0, 0.05) is 38.9 Å². The van der Waals surface area contributed by atoms with Crippen molar-refractivity contribution >= 4 is 11.9 Å². The number of nitrogens with zero attached hydrogens (tertiary/aromatic N) is 2. The monoisotopic (exact) mass is 312 g/mol. The molecule has 0 radical (unpaired) electrons. The zero-order valence-electron chi connectivity index (χ0n) is 12.9. The van der Waals surface area contributed by atoms with E-state index < -0.39 is 0 Å². The van der Waals surface area contributed by atoms with Crippen LogP contribution in [0.3, 0.4) is 0 Å². The minimum Gasteiger partial charge on any atom is -0.357 e. The lowest BCUT2D eigenvalue weighted by atomic mass is 10.2. The Morgan fingerprint density at radius 1 is 0.957 bits per heavy atom. The van der Waals surface area contributed by atoms with Gasteiger partial charge in [-0.15, -0.1) is 0 Å². The van der Waals surface area contributed by atoms with E-state index in [0.29, 0.717) is 38.4 Å². The molecule has 120 valence electrons. The second-order valence-corrected chi connectivity index (χ2v) is 5.51. The van der Waals surface area contributed by atoms with Gasteiger partial charge in [0.1, 0.15) is 5.69 Å². The largest absolute Gasteiger partial charge is 0.357 e. The molecule has 1 fully saturated rings. The van der Waals surface area contributed by atoms with E-state index >= 15 is 0 Å². The van der Waals surface area contributed by atoms with Gasteiger partial charge in [0.25, 0.3) is 5.91 Å². The van der Waals surface area contributed by atoms with Crippen molar-refractivity contribution in [2.75, 3.05) is 26.2 Å². The molecule has 3 amide bonds. The van der Waals surface area contributed by atoms with Gasteiger partial charge >= 0.3 is 6.03 Å². The molecular formula is C17H20N4O2. The van der Waals surface area contributed by atoms with E-state index in [1.807, 2.05) is 30.3 Å². The van der Waals surface area contributed by atoms with E-state index in [-0.39, 0.29) is 11.9 Å². The third kappa shape index (κ3) is 3.71. The van der Waals surface area contributed by atoms with Crippen LogP contribution in [0.1, 0.15) is 16.1 Å². The van der Waals surface area contributed by atoms with Crippen molar-refractivity contribution in [2.24, 2.45) is 0 Å². The first-order valence-electron chi connectivity index (χ1n) is 7.73. The zero-order chi connectivity index (χ0) is 16.1. The topological polar surface area (TPSA) is 68.4 Å². The number of carbonyl (C=O) groups is 2. The molecule has 1 aromatic carbocycles. The third-order valence-electron chi connectivity index (χ3n) is 3.97. The molecule has 0 spiro atoms. The Bertz CT molecular complexity index is 646. The van der Waals surface area contributed by atoms with Gasteiger partial charge in [-0.05, 0) is 17.7 Å². The smallest absolute Gasteiger partial charge is 0.317 e. The number of hydrogen-bond acceptors (Lipinski definition) is 2. The van der Waals surface area contributed by atoms with Crippen molar-refractivity contribution in [3.8, 4) is 0 Å². The Morgan fingerprint density at radius 3 is 2.30 bits per heavy atom. The minimum absolute atomic E-state index is 0.0145. The summed E-state index contributed by atoms with van der Waals surface area (Å²) in [4.78, 5) is 30.9. The number of nitrogens with one attached hydrogen (secondary N) is 2. The summed E-state index contributed by atoms with van der Waals surface area (Å²) in [5.74, 6) is -0.0145. The highest BCUT2D eigenvalue weighted by Gasteiger charge is 2.24. The first-order valence-corrected chi connectivity index (χ1v) is 7.73. The van der Waals surface area contributed by atoms with Crippen LogP contribution in [0.5, 0.6) is 0 Å². The first kappa shape index (κ1) is 15.1. The Morgan fingerprint density at radius 2 is 1.65 bits per heavy atom. The van der Waals surface area contributed by atoms with Crippen molar-refractivity contribution < 1.29 is 9.59 Å². The fraction of sp³-hybridized carbons (Fsp3) is 0.294. The molecule has 2 aromatic rings. The maximum atomic E-state index is 12.2. The number of rotatable bonds is 3. The lowest BCUT2D eigenvalue weighted by molar-refractivity contribution is 0.0660. The number of amides is 3. The number of H-pyrrole nitrogens is 1. The molecule has 1 aromatic heterocycles. The van der Waals surface area contributed by atoms with Gasteiger partial charge in [-0.1, -0.05) is 30.3 Å². The fourth-order valence-corrected chi connectivity index (χ4v) is 2.63. The van der Waals surface area contributed by atoms with Gasteiger partial charge in [-0.2, -0.15) is 0 Å². The molecular weight excluding hydrogens is 292 g/mol. The third-order valence-corrected chi connectivity index (χ3v) is 3.97. The normalized spacial score (nSPS) is 14.6. The molecule has 1 aliphatic rings. The predicted octanol–water partition coefficient (Wildman–Crippen LogP) is 1.68. The van der Waals surface area contributed by atoms with Crippen LogP contribution < -0.4 is 5.32 Å². The SMILES string of the molecule is O=C(NCc1ccccc1)N1CCN(C(=O)c2ccc[nH]2)CC1. The Kier molecular flexibility index (Phi) is 4.61. The van der Waals surface area contributed by atoms with Crippen LogP contribution in [0.2, 0.25) is 0 Å².